The number of benzene rings is 2. The number of nitrogens with one attached hydrogen (secondary N) is 4. The highest BCUT2D eigenvalue weighted by Gasteiger charge is 2.33. The van der Waals surface area contributed by atoms with Crippen molar-refractivity contribution in [2.45, 2.75) is 245 Å². The summed E-state index contributed by atoms with van der Waals surface area (Å²) in [6, 6.07) is 10.5. The Bertz CT molecular complexity index is 3780. The molecule has 108 heavy (non-hydrogen) atoms. The van der Waals surface area contributed by atoms with Gasteiger partial charge in [-0.3, -0.25) is 4.79 Å². The van der Waals surface area contributed by atoms with E-state index in [9.17, 15) is 18.8 Å². The molecule has 28 heteroatoms. The molecule has 8 saturated heterocycles. The molecule has 14 rings (SSSR count). The molecule has 25 nitrogen and oxygen atoms in total. The van der Waals surface area contributed by atoms with Crippen molar-refractivity contribution in [3.8, 4) is 22.9 Å². The van der Waals surface area contributed by atoms with Crippen LogP contribution in [-0.4, -0.2) is 217 Å². The van der Waals surface area contributed by atoms with Crippen molar-refractivity contribution in [3.63, 3.8) is 0 Å². The number of rotatable bonds is 11. The van der Waals surface area contributed by atoms with E-state index in [1.54, 1.807) is 24.8 Å². The van der Waals surface area contributed by atoms with E-state index in [0.717, 1.165) is 182 Å². The lowest BCUT2D eigenvalue weighted by Crippen LogP contribution is -2.50. The summed E-state index contributed by atoms with van der Waals surface area (Å²) in [4.78, 5) is 57.7. The van der Waals surface area contributed by atoms with Crippen molar-refractivity contribution in [1.29, 1.82) is 0 Å². The van der Waals surface area contributed by atoms with Gasteiger partial charge in [0.15, 0.2) is 11.6 Å². The number of amides is 2. The molecule has 6 N–H and O–H groups in total. The number of halogens is 3. The van der Waals surface area contributed by atoms with Gasteiger partial charge in [-0.1, -0.05) is 28.8 Å². The summed E-state index contributed by atoms with van der Waals surface area (Å²) in [6.07, 6.45) is 17.6. The maximum absolute atomic E-state index is 15.1. The Labute approximate surface area is 642 Å². The highest BCUT2D eigenvalue weighted by Crippen LogP contribution is 2.39. The summed E-state index contributed by atoms with van der Waals surface area (Å²) in [5.74, 6) is 2.05. The fourth-order valence-corrected chi connectivity index (χ4v) is 14.7. The van der Waals surface area contributed by atoms with E-state index in [1.807, 2.05) is 79.3 Å². The van der Waals surface area contributed by atoms with E-state index in [-0.39, 0.29) is 40.3 Å². The fraction of sp³-hybridized carbons (Fsp3) is 0.675. The van der Waals surface area contributed by atoms with Gasteiger partial charge in [0.2, 0.25) is 0 Å². The quantitative estimate of drug-likeness (QED) is 0.0595. The number of piperidine rings is 4. The number of anilines is 1. The van der Waals surface area contributed by atoms with Gasteiger partial charge in [-0.15, -0.1) is 0 Å². The van der Waals surface area contributed by atoms with Gasteiger partial charge in [0, 0.05) is 132 Å². The number of hydrogen-bond acceptors (Lipinski definition) is 23. The second-order valence-corrected chi connectivity index (χ2v) is 31.8. The van der Waals surface area contributed by atoms with Gasteiger partial charge in [0.1, 0.15) is 57.0 Å². The molecule has 6 aromatic rings. The number of aryl methyl sites for hydroxylation is 5. The minimum Gasteiger partial charge on any atom is -0.444 e. The van der Waals surface area contributed by atoms with Crippen LogP contribution in [0.25, 0.3) is 44.7 Å². The first-order valence-electron chi connectivity index (χ1n) is 39.3. The molecule has 2 aromatic carbocycles. The second-order valence-electron chi connectivity index (χ2n) is 31.4. The number of ether oxygens (including phenoxy) is 6. The largest absolute Gasteiger partial charge is 0.444 e. The van der Waals surface area contributed by atoms with Crippen LogP contribution in [0, 0.1) is 46.3 Å². The lowest BCUT2D eigenvalue weighted by molar-refractivity contribution is -0.121. The Balaban J connectivity index is 0.000000158. The van der Waals surface area contributed by atoms with Gasteiger partial charge in [-0.25, -0.2) is 28.3 Å². The van der Waals surface area contributed by atoms with E-state index < -0.39 is 17.0 Å². The molecule has 0 spiro atoms. The molecule has 4 atom stereocenters. The highest BCUT2D eigenvalue weighted by molar-refractivity contribution is 6.32. The summed E-state index contributed by atoms with van der Waals surface area (Å²) in [5.41, 5.74) is 10.0. The third-order valence-electron chi connectivity index (χ3n) is 20.2. The zero-order chi connectivity index (χ0) is 77.5. The van der Waals surface area contributed by atoms with Crippen molar-refractivity contribution < 1.29 is 60.6 Å². The van der Waals surface area contributed by atoms with Crippen LogP contribution < -0.4 is 31.9 Å². The minimum atomic E-state index is -0.460. The number of nitrogens with two attached hydrogens (primary N) is 1. The molecule has 8 aliphatic heterocycles. The number of carbonyl (C=O) groups excluding carboxylic acids is 3. The molecule has 0 aliphatic carbocycles. The lowest BCUT2D eigenvalue weighted by Gasteiger charge is -2.36. The first-order chi connectivity index (χ1) is 51.7. The van der Waals surface area contributed by atoms with E-state index in [2.05, 4.69) is 58.4 Å². The van der Waals surface area contributed by atoms with Crippen molar-refractivity contribution >= 4 is 57.2 Å². The lowest BCUT2D eigenvalue weighted by atomic mass is 9.98. The molecule has 0 bridgehead atoms. The first kappa shape index (κ1) is 85.2. The standard InChI is InChI=1S/C25H32FN5O2.C15H12ClFN3O.C15H28N2O3.C10H20N2O.C10H17NO3.C5H11NO/c1-4-17-12-20-15(2)22(25-27-16(3)30-33-25)24(29-23(20)21(26)13-17)31-9-7-18(8-10-31)28-19-6-5-11-32-14-19;1-4-9-5-10-7(2)12(15-18-8(3)20-21-15)14(16)19-13(10)11(17)6-9;1-15(2,3)20-14(18)17-8-6-12(7-9-17)16-13-5-4-10-19-11-13;1-2-10(8-13-7-1)12-9-3-5-11-6-4-9;1-10(2,3)14-9(13)11-6-4-8(12)5-7-11;6-5-2-1-3-7-4-5/h12-13,18-19,28H,4-11,14H2,1-3H3;5-6H,1,4H2,2-3H3;12-13,16H,4-11H2,1-3H3;9-12H,1-8H2;4-7H2,1-3H3;5H,1-4,6H2/q;+1;;;;/t19-;;13-;10-;;5-/m1.11.1/s1. The molecule has 0 radical (unpaired) electrons. The normalized spacial score (nSPS) is 21.4. The van der Waals surface area contributed by atoms with Crippen molar-refractivity contribution in [3.05, 3.63) is 81.9 Å². The van der Waals surface area contributed by atoms with Gasteiger partial charge in [0.05, 0.1) is 44.5 Å². The number of likely N-dealkylation sites (tertiary alicyclic amines) is 2. The summed E-state index contributed by atoms with van der Waals surface area (Å²) in [7, 11) is 0. The SMILES string of the molecule is C1COC[C@H](NC2CCNCC2)C1.CC(C)(C)OC(=O)N1CCC(=O)CC1.CC(C)(C)OC(=O)N1CCC(N[C@@H]2CCCOC2)CC1.CCc1cc(F)c2nc(N3CCC(N[C@@H]4CCCOC4)CC3)c(-c3nc(C)no3)c(C)c2c1.N[C@@H]1CCCOC1.[CH2+]Cc1cc(F)c2nc(Cl)c(-c3nc(C)no3)c(C)c2c1. The van der Waals surface area contributed by atoms with Crippen molar-refractivity contribution in [1.82, 2.24) is 61.3 Å². The Hall–Kier alpha value is -6.79. The maximum atomic E-state index is 15.1. The van der Waals surface area contributed by atoms with Gasteiger partial charge < -0.3 is 79.2 Å². The van der Waals surface area contributed by atoms with Crippen LogP contribution in [0.3, 0.4) is 0 Å². The van der Waals surface area contributed by atoms with Crippen molar-refractivity contribution in [2.24, 2.45) is 5.73 Å². The van der Waals surface area contributed by atoms with Gasteiger partial charge in [-0.05, 0) is 225 Å². The predicted molar refractivity (Wildman–Crippen MR) is 415 cm³/mol. The van der Waals surface area contributed by atoms with E-state index in [4.69, 9.17) is 59.8 Å². The number of aromatic nitrogens is 6. The monoisotopic (exact) mass is 1530 g/mol. The number of nitrogens with zero attached hydrogens (tertiary/aromatic N) is 9. The number of pyridine rings is 2. The van der Waals surface area contributed by atoms with E-state index in [0.29, 0.717) is 103 Å². The maximum Gasteiger partial charge on any atom is 0.410 e. The first-order valence-corrected chi connectivity index (χ1v) is 39.7. The molecule has 8 fully saturated rings. The van der Waals surface area contributed by atoms with Crippen LogP contribution in [0.4, 0.5) is 24.2 Å². The number of carbonyl (C=O) groups is 3. The van der Waals surface area contributed by atoms with Crippen LogP contribution >= 0.6 is 11.6 Å². The molecular formula is C80H120ClF2N14O11+. The van der Waals surface area contributed by atoms with Crippen LogP contribution in [0.5, 0.6) is 0 Å². The number of ketones is 1. The van der Waals surface area contributed by atoms with Crippen LogP contribution in [0.15, 0.2) is 33.3 Å². The summed E-state index contributed by atoms with van der Waals surface area (Å²) >= 11 is 6.18. The Morgan fingerprint density at radius 2 is 1.00 bits per heavy atom. The Morgan fingerprint density at radius 3 is 1.42 bits per heavy atom. The summed E-state index contributed by atoms with van der Waals surface area (Å²) in [5, 5.41) is 23.9. The van der Waals surface area contributed by atoms with Crippen molar-refractivity contribution in [2.75, 3.05) is 110 Å². The van der Waals surface area contributed by atoms with E-state index >= 15 is 4.39 Å². The van der Waals surface area contributed by atoms with E-state index in [1.165, 1.54) is 57.7 Å². The molecule has 0 unspecified atom stereocenters. The fourth-order valence-electron chi connectivity index (χ4n) is 14.3. The zero-order valence-corrected chi connectivity index (χ0v) is 66.6. The molecule has 2 amide bonds. The third-order valence-corrected chi connectivity index (χ3v) is 20.5. The molecule has 4 aromatic heterocycles. The smallest absolute Gasteiger partial charge is 0.410 e. The molecular weight excluding hydrogens is 1410 g/mol. The summed E-state index contributed by atoms with van der Waals surface area (Å²) < 4.78 is 72.1. The molecule has 8 aliphatic rings. The number of hydrogen-bond donors (Lipinski definition) is 5. The Kier molecular flexibility index (Phi) is 32.7. The zero-order valence-electron chi connectivity index (χ0n) is 65.8. The van der Waals surface area contributed by atoms with Gasteiger partial charge in [-0.2, -0.15) is 9.97 Å². The average Bonchev–Trinajstić information content (AvgIpc) is 1.12. The van der Waals surface area contributed by atoms with Crippen LogP contribution in [0.1, 0.15) is 185 Å². The van der Waals surface area contributed by atoms with Crippen LogP contribution in [-0.2, 0) is 46.1 Å². The molecule has 12 heterocycles. The highest BCUT2D eigenvalue weighted by atomic mass is 35.5. The molecule has 0 saturated carbocycles. The predicted octanol–water partition coefficient (Wildman–Crippen LogP) is 12.8. The third kappa shape index (κ3) is 26.2. The Morgan fingerprint density at radius 1 is 0.574 bits per heavy atom. The molecule has 596 valence electrons. The average molecular weight is 1530 g/mol. The topological polar surface area (TPSA) is 294 Å². The number of fused-ring (bicyclic) bond motifs is 2. The van der Waals surface area contributed by atoms with Crippen LogP contribution in [0.2, 0.25) is 5.15 Å². The minimum absolute atomic E-state index is 0.143. The second kappa shape index (κ2) is 41.5. The number of Topliss-reactive ketones (excluding diaryl/α,β-unsaturated/α-hetero) is 1. The van der Waals surface area contributed by atoms with Gasteiger partial charge in [0.25, 0.3) is 11.8 Å². The van der Waals surface area contributed by atoms with Gasteiger partial charge >= 0.3 is 12.2 Å². The summed E-state index contributed by atoms with van der Waals surface area (Å²) in [6.45, 7) is 37.9.